The topological polar surface area (TPSA) is 44.5 Å². The van der Waals surface area contributed by atoms with E-state index < -0.39 is 0 Å². The molecule has 1 aliphatic rings. The Labute approximate surface area is 86.5 Å². The van der Waals surface area contributed by atoms with E-state index in [4.69, 9.17) is 15.2 Å². The van der Waals surface area contributed by atoms with Crippen molar-refractivity contribution >= 4 is 32.9 Å². The van der Waals surface area contributed by atoms with E-state index in [1.165, 1.54) is 0 Å². The van der Waals surface area contributed by atoms with E-state index in [1.807, 2.05) is 0 Å². The summed E-state index contributed by atoms with van der Waals surface area (Å²) >= 11 is 3.12. The van der Waals surface area contributed by atoms with Crippen LogP contribution in [0.3, 0.4) is 0 Å². The number of halogens is 2. The summed E-state index contributed by atoms with van der Waals surface area (Å²) < 4.78 is 9.89. The summed E-state index contributed by atoms with van der Waals surface area (Å²) in [6.07, 6.45) is 0. The first kappa shape index (κ1) is 14.4. The Bertz CT molecular complexity index is 49.0. The highest BCUT2D eigenvalue weighted by atomic mass is 79.9. The van der Waals surface area contributed by atoms with E-state index in [1.54, 1.807) is 0 Å². The third-order valence-electron chi connectivity index (χ3n) is 0.853. The normalized spacial score (nSPS) is 15.8. The zero-order valence-electron chi connectivity index (χ0n) is 6.42. The minimum Gasteiger partial charge on any atom is -0.377 e. The van der Waals surface area contributed by atoms with Crippen molar-refractivity contribution in [1.82, 2.24) is 0 Å². The summed E-state index contributed by atoms with van der Waals surface area (Å²) in [6.45, 7) is 3.85. The molecular weight excluding hydrogens is 278 g/mol. The van der Waals surface area contributed by atoms with Crippen molar-refractivity contribution in [2.45, 2.75) is 0 Å². The third kappa shape index (κ3) is 13.8. The van der Waals surface area contributed by atoms with E-state index in [2.05, 4.69) is 15.9 Å². The SMILES string of the molecule is Br.C1COCCO1.NCCBr. The Morgan fingerprint density at radius 2 is 1.36 bits per heavy atom. The summed E-state index contributed by atoms with van der Waals surface area (Å²) in [5, 5.41) is 0.910. The van der Waals surface area contributed by atoms with Gasteiger partial charge in [-0.15, -0.1) is 17.0 Å². The lowest BCUT2D eigenvalue weighted by molar-refractivity contribution is -0.0334. The van der Waals surface area contributed by atoms with Crippen molar-refractivity contribution in [2.24, 2.45) is 5.73 Å². The van der Waals surface area contributed by atoms with Gasteiger partial charge in [-0.2, -0.15) is 0 Å². The molecule has 2 N–H and O–H groups in total. The second kappa shape index (κ2) is 13.4. The second-order valence-corrected chi connectivity index (χ2v) is 2.50. The lowest BCUT2D eigenvalue weighted by Crippen LogP contribution is -2.16. The number of hydrogen-bond acceptors (Lipinski definition) is 3. The molecular formula is C6H15Br2NO2. The number of rotatable bonds is 1. The molecule has 1 saturated heterocycles. The van der Waals surface area contributed by atoms with Crippen molar-refractivity contribution in [3.8, 4) is 0 Å². The maximum atomic E-state index is 4.98. The van der Waals surface area contributed by atoms with Crippen LogP contribution < -0.4 is 5.73 Å². The molecule has 0 unspecified atom stereocenters. The molecule has 0 aromatic heterocycles. The number of ether oxygens (including phenoxy) is 2. The van der Waals surface area contributed by atoms with Crippen LogP contribution in [0.1, 0.15) is 0 Å². The van der Waals surface area contributed by atoms with Crippen molar-refractivity contribution in [3.63, 3.8) is 0 Å². The van der Waals surface area contributed by atoms with Crippen molar-refractivity contribution in [3.05, 3.63) is 0 Å². The minimum atomic E-state index is 0. The molecule has 1 heterocycles. The number of alkyl halides is 1. The van der Waals surface area contributed by atoms with Crippen LogP contribution in [0.4, 0.5) is 0 Å². The van der Waals surface area contributed by atoms with Crippen molar-refractivity contribution in [1.29, 1.82) is 0 Å². The molecule has 0 bridgehead atoms. The van der Waals surface area contributed by atoms with Gasteiger partial charge in [0.15, 0.2) is 0 Å². The van der Waals surface area contributed by atoms with Gasteiger partial charge in [-0.25, -0.2) is 0 Å². The molecule has 70 valence electrons. The van der Waals surface area contributed by atoms with Crippen LogP contribution in [0.5, 0.6) is 0 Å². The summed E-state index contributed by atoms with van der Waals surface area (Å²) in [5.74, 6) is 0. The quantitative estimate of drug-likeness (QED) is 0.732. The van der Waals surface area contributed by atoms with E-state index >= 15 is 0 Å². The van der Waals surface area contributed by atoms with Crippen LogP contribution in [0, 0.1) is 0 Å². The monoisotopic (exact) mass is 291 g/mol. The highest BCUT2D eigenvalue weighted by molar-refractivity contribution is 9.09. The smallest absolute Gasteiger partial charge is 0.0701 e. The van der Waals surface area contributed by atoms with Crippen LogP contribution >= 0.6 is 32.9 Å². The third-order valence-corrected chi connectivity index (χ3v) is 1.31. The molecule has 0 atom stereocenters. The number of hydrogen-bond donors (Lipinski definition) is 1. The summed E-state index contributed by atoms with van der Waals surface area (Å²) in [4.78, 5) is 0. The summed E-state index contributed by atoms with van der Waals surface area (Å²) in [6, 6.07) is 0. The highest BCUT2D eigenvalue weighted by Gasteiger charge is 1.94. The Morgan fingerprint density at radius 3 is 1.45 bits per heavy atom. The minimum absolute atomic E-state index is 0. The maximum Gasteiger partial charge on any atom is 0.0701 e. The molecule has 0 amide bonds. The molecule has 3 nitrogen and oxygen atoms in total. The summed E-state index contributed by atoms with van der Waals surface area (Å²) in [5.41, 5.74) is 4.98. The largest absolute Gasteiger partial charge is 0.377 e. The van der Waals surface area contributed by atoms with Crippen LogP contribution in [0.25, 0.3) is 0 Å². The fraction of sp³-hybridized carbons (Fsp3) is 1.00. The fourth-order valence-electron chi connectivity index (χ4n) is 0.440. The summed E-state index contributed by atoms with van der Waals surface area (Å²) in [7, 11) is 0. The second-order valence-electron chi connectivity index (χ2n) is 1.70. The van der Waals surface area contributed by atoms with Gasteiger partial charge in [0.05, 0.1) is 26.4 Å². The van der Waals surface area contributed by atoms with Gasteiger partial charge in [0, 0.05) is 11.9 Å². The zero-order valence-corrected chi connectivity index (χ0v) is 9.72. The molecule has 0 aliphatic carbocycles. The van der Waals surface area contributed by atoms with Crippen molar-refractivity contribution in [2.75, 3.05) is 38.3 Å². The average Bonchev–Trinajstić information content (AvgIpc) is 2.08. The van der Waals surface area contributed by atoms with E-state index in [9.17, 15) is 0 Å². The van der Waals surface area contributed by atoms with Gasteiger partial charge in [-0.05, 0) is 0 Å². The van der Waals surface area contributed by atoms with E-state index in [0.717, 1.165) is 38.3 Å². The number of nitrogens with two attached hydrogens (primary N) is 1. The van der Waals surface area contributed by atoms with Crippen molar-refractivity contribution < 1.29 is 9.47 Å². The highest BCUT2D eigenvalue weighted by Crippen LogP contribution is 1.85. The molecule has 0 spiro atoms. The van der Waals surface area contributed by atoms with Gasteiger partial charge in [-0.1, -0.05) is 15.9 Å². The van der Waals surface area contributed by atoms with E-state index in [-0.39, 0.29) is 17.0 Å². The van der Waals surface area contributed by atoms with Crippen LogP contribution in [-0.2, 0) is 9.47 Å². The standard InChI is InChI=1S/C4H8O2.C2H6BrN.BrH/c1-2-6-4-3-5-1;3-1-2-4;/h1-4H2;1-2,4H2;1H. The lowest BCUT2D eigenvalue weighted by Gasteiger charge is -2.09. The van der Waals surface area contributed by atoms with E-state index in [0.29, 0.717) is 0 Å². The van der Waals surface area contributed by atoms with Crippen LogP contribution in [0.2, 0.25) is 0 Å². The fourth-order valence-corrected chi connectivity index (χ4v) is 0.440. The molecule has 1 rings (SSSR count). The van der Waals surface area contributed by atoms with Gasteiger partial charge in [-0.3, -0.25) is 0 Å². The van der Waals surface area contributed by atoms with Crippen LogP contribution in [0.15, 0.2) is 0 Å². The van der Waals surface area contributed by atoms with Gasteiger partial charge >= 0.3 is 0 Å². The Balaban J connectivity index is 0. The van der Waals surface area contributed by atoms with Gasteiger partial charge in [0.25, 0.3) is 0 Å². The molecule has 1 aliphatic heterocycles. The Hall–Kier alpha value is 0.840. The molecule has 5 heteroatoms. The maximum absolute atomic E-state index is 4.98. The first-order valence-corrected chi connectivity index (χ1v) is 4.45. The predicted molar refractivity (Wildman–Crippen MR) is 54.8 cm³/mol. The molecule has 0 radical (unpaired) electrons. The van der Waals surface area contributed by atoms with Crippen LogP contribution in [-0.4, -0.2) is 38.3 Å². The Kier molecular flexibility index (Phi) is 17.5. The van der Waals surface area contributed by atoms with Gasteiger partial charge in [0.2, 0.25) is 0 Å². The molecule has 0 saturated carbocycles. The first-order chi connectivity index (χ1) is 4.91. The van der Waals surface area contributed by atoms with Gasteiger partial charge in [0.1, 0.15) is 0 Å². The first-order valence-electron chi connectivity index (χ1n) is 3.33. The average molecular weight is 293 g/mol. The zero-order chi connectivity index (χ0) is 7.66. The molecule has 0 aromatic carbocycles. The predicted octanol–water partition coefficient (Wildman–Crippen LogP) is 0.951. The molecule has 0 aromatic rings. The molecule has 1 fully saturated rings. The Morgan fingerprint density at radius 1 is 1.09 bits per heavy atom. The lowest BCUT2D eigenvalue weighted by atomic mass is 10.6. The van der Waals surface area contributed by atoms with Gasteiger partial charge < -0.3 is 15.2 Å². The molecule has 11 heavy (non-hydrogen) atoms.